The van der Waals surface area contributed by atoms with Crippen molar-refractivity contribution in [2.75, 3.05) is 0 Å². The molecule has 0 amide bonds. The summed E-state index contributed by atoms with van der Waals surface area (Å²) in [5, 5.41) is 9.86. The third-order valence-corrected chi connectivity index (χ3v) is 2.55. The van der Waals surface area contributed by atoms with Gasteiger partial charge in [0, 0.05) is 12.8 Å². The molecule has 2 fully saturated rings. The lowest BCUT2D eigenvalue weighted by Crippen LogP contribution is -2.35. The summed E-state index contributed by atoms with van der Waals surface area (Å²) in [6.07, 6.45) is 7.92. The van der Waals surface area contributed by atoms with Gasteiger partial charge in [0.2, 0.25) is 0 Å². The van der Waals surface area contributed by atoms with Gasteiger partial charge in [-0.1, -0.05) is 6.42 Å². The molecule has 0 aromatic heterocycles. The first-order valence-corrected chi connectivity index (χ1v) is 4.69. The van der Waals surface area contributed by atoms with Gasteiger partial charge in [0.15, 0.2) is 5.79 Å². The lowest BCUT2D eigenvalue weighted by atomic mass is 9.94. The molecule has 2 nitrogen and oxygen atoms in total. The van der Waals surface area contributed by atoms with Crippen LogP contribution in [0.2, 0.25) is 0 Å². The zero-order valence-electron chi connectivity index (χ0n) is 6.88. The summed E-state index contributed by atoms with van der Waals surface area (Å²) in [6, 6.07) is 0. The Morgan fingerprint density at radius 2 is 1.73 bits per heavy atom. The van der Waals surface area contributed by atoms with E-state index in [0.29, 0.717) is 6.10 Å². The Hall–Kier alpha value is -0.0800. The Kier molecular flexibility index (Phi) is 1.90. The molecule has 0 saturated heterocycles. The molecular weight excluding hydrogens is 140 g/mol. The normalized spacial score (nSPS) is 30.3. The first kappa shape index (κ1) is 7.56. The Morgan fingerprint density at radius 3 is 2.27 bits per heavy atom. The maximum absolute atomic E-state index is 9.86. The standard InChI is InChI=1S/C9H16O2/c10-9(11-8-4-5-8)6-2-1-3-7-9/h8,10H,1-7H2. The van der Waals surface area contributed by atoms with E-state index in [4.69, 9.17) is 4.74 Å². The van der Waals surface area contributed by atoms with Gasteiger partial charge in [-0.25, -0.2) is 0 Å². The minimum Gasteiger partial charge on any atom is -0.365 e. The van der Waals surface area contributed by atoms with Gasteiger partial charge in [0.25, 0.3) is 0 Å². The van der Waals surface area contributed by atoms with Gasteiger partial charge in [-0.2, -0.15) is 0 Å². The van der Waals surface area contributed by atoms with Gasteiger partial charge in [0.1, 0.15) is 0 Å². The summed E-state index contributed by atoms with van der Waals surface area (Å²) in [7, 11) is 0. The summed E-state index contributed by atoms with van der Waals surface area (Å²) in [5.74, 6) is -0.737. The van der Waals surface area contributed by atoms with Crippen molar-refractivity contribution in [2.45, 2.75) is 56.8 Å². The highest BCUT2D eigenvalue weighted by atomic mass is 16.6. The lowest BCUT2D eigenvalue weighted by molar-refractivity contribution is -0.226. The average Bonchev–Trinajstić information content (AvgIpc) is 2.72. The summed E-state index contributed by atoms with van der Waals surface area (Å²) in [5.41, 5.74) is 0. The Labute approximate surface area is 67.6 Å². The van der Waals surface area contributed by atoms with E-state index in [1.165, 1.54) is 6.42 Å². The lowest BCUT2D eigenvalue weighted by Gasteiger charge is -2.31. The van der Waals surface area contributed by atoms with Crippen molar-refractivity contribution in [1.29, 1.82) is 0 Å². The second-order valence-corrected chi connectivity index (χ2v) is 3.82. The van der Waals surface area contributed by atoms with Crippen molar-refractivity contribution in [3.05, 3.63) is 0 Å². The predicted molar refractivity (Wildman–Crippen MR) is 42.1 cm³/mol. The SMILES string of the molecule is OC1(OC2CC2)CCCCC1. The number of rotatable bonds is 2. The summed E-state index contributed by atoms with van der Waals surface area (Å²) in [4.78, 5) is 0. The van der Waals surface area contributed by atoms with E-state index in [0.717, 1.165) is 38.5 Å². The predicted octanol–water partition coefficient (Wildman–Crippen LogP) is 1.82. The Balaban J connectivity index is 1.84. The van der Waals surface area contributed by atoms with Gasteiger partial charge < -0.3 is 9.84 Å². The highest BCUT2D eigenvalue weighted by molar-refractivity contribution is 4.80. The largest absolute Gasteiger partial charge is 0.365 e. The van der Waals surface area contributed by atoms with Crippen LogP contribution in [0.15, 0.2) is 0 Å². The van der Waals surface area contributed by atoms with Gasteiger partial charge in [-0.05, 0) is 25.7 Å². The van der Waals surface area contributed by atoms with Gasteiger partial charge in [-0.3, -0.25) is 0 Å². The quantitative estimate of drug-likeness (QED) is 0.618. The zero-order chi connectivity index (χ0) is 7.73. The smallest absolute Gasteiger partial charge is 0.165 e. The molecule has 0 atom stereocenters. The molecule has 2 aliphatic rings. The van der Waals surface area contributed by atoms with Crippen LogP contribution in [0.1, 0.15) is 44.9 Å². The highest BCUT2D eigenvalue weighted by Crippen LogP contribution is 2.35. The summed E-state index contributed by atoms with van der Waals surface area (Å²) < 4.78 is 5.55. The van der Waals surface area contributed by atoms with Crippen LogP contribution >= 0.6 is 0 Å². The molecule has 2 saturated carbocycles. The molecule has 0 radical (unpaired) electrons. The fourth-order valence-electron chi connectivity index (χ4n) is 1.72. The molecule has 11 heavy (non-hydrogen) atoms. The number of hydrogen-bond acceptors (Lipinski definition) is 2. The van der Waals surface area contributed by atoms with Gasteiger partial charge in [-0.15, -0.1) is 0 Å². The highest BCUT2D eigenvalue weighted by Gasteiger charge is 2.36. The van der Waals surface area contributed by atoms with E-state index in [9.17, 15) is 5.11 Å². The number of ether oxygens (including phenoxy) is 1. The third kappa shape index (κ3) is 1.94. The summed E-state index contributed by atoms with van der Waals surface area (Å²) >= 11 is 0. The monoisotopic (exact) mass is 156 g/mol. The fourth-order valence-corrected chi connectivity index (χ4v) is 1.72. The average molecular weight is 156 g/mol. The van der Waals surface area contributed by atoms with E-state index >= 15 is 0 Å². The molecule has 2 aliphatic carbocycles. The van der Waals surface area contributed by atoms with E-state index in [-0.39, 0.29) is 0 Å². The molecule has 0 bridgehead atoms. The van der Waals surface area contributed by atoms with Crippen LogP contribution < -0.4 is 0 Å². The van der Waals surface area contributed by atoms with Crippen molar-refractivity contribution in [2.24, 2.45) is 0 Å². The molecule has 1 N–H and O–H groups in total. The fraction of sp³-hybridized carbons (Fsp3) is 1.00. The number of hydrogen-bond donors (Lipinski definition) is 1. The van der Waals surface area contributed by atoms with E-state index in [2.05, 4.69) is 0 Å². The Morgan fingerprint density at radius 1 is 1.09 bits per heavy atom. The molecule has 64 valence electrons. The molecule has 0 aliphatic heterocycles. The van der Waals surface area contributed by atoms with Crippen LogP contribution in [0.5, 0.6) is 0 Å². The molecular formula is C9H16O2. The maximum Gasteiger partial charge on any atom is 0.165 e. The molecule has 2 heteroatoms. The van der Waals surface area contributed by atoms with Crippen LogP contribution in [-0.4, -0.2) is 17.0 Å². The van der Waals surface area contributed by atoms with E-state index in [1.807, 2.05) is 0 Å². The molecule has 0 aromatic carbocycles. The van der Waals surface area contributed by atoms with Crippen LogP contribution in [-0.2, 0) is 4.74 Å². The molecule has 0 spiro atoms. The number of aliphatic hydroxyl groups is 1. The van der Waals surface area contributed by atoms with Gasteiger partial charge in [0.05, 0.1) is 6.10 Å². The van der Waals surface area contributed by atoms with Crippen LogP contribution in [0.25, 0.3) is 0 Å². The first-order chi connectivity index (χ1) is 5.29. The maximum atomic E-state index is 9.86. The second-order valence-electron chi connectivity index (χ2n) is 3.82. The topological polar surface area (TPSA) is 29.5 Å². The van der Waals surface area contributed by atoms with Crippen LogP contribution in [0, 0.1) is 0 Å². The minimum absolute atomic E-state index is 0.387. The molecule has 0 unspecified atom stereocenters. The van der Waals surface area contributed by atoms with E-state index in [1.54, 1.807) is 0 Å². The van der Waals surface area contributed by atoms with Crippen molar-refractivity contribution in [1.82, 2.24) is 0 Å². The first-order valence-electron chi connectivity index (χ1n) is 4.69. The van der Waals surface area contributed by atoms with Gasteiger partial charge >= 0.3 is 0 Å². The summed E-state index contributed by atoms with van der Waals surface area (Å²) in [6.45, 7) is 0. The molecule has 0 heterocycles. The molecule has 0 aromatic rings. The van der Waals surface area contributed by atoms with Crippen molar-refractivity contribution < 1.29 is 9.84 Å². The van der Waals surface area contributed by atoms with E-state index < -0.39 is 5.79 Å². The zero-order valence-corrected chi connectivity index (χ0v) is 6.88. The Bertz CT molecular complexity index is 134. The van der Waals surface area contributed by atoms with Crippen molar-refractivity contribution in [3.8, 4) is 0 Å². The van der Waals surface area contributed by atoms with Crippen LogP contribution in [0.3, 0.4) is 0 Å². The third-order valence-electron chi connectivity index (χ3n) is 2.55. The molecule has 2 rings (SSSR count). The van der Waals surface area contributed by atoms with Crippen LogP contribution in [0.4, 0.5) is 0 Å². The minimum atomic E-state index is -0.737. The second kappa shape index (κ2) is 2.76. The van der Waals surface area contributed by atoms with Crippen molar-refractivity contribution in [3.63, 3.8) is 0 Å². The van der Waals surface area contributed by atoms with Crippen molar-refractivity contribution >= 4 is 0 Å².